The molecule has 2 aromatic heterocycles. The summed E-state index contributed by atoms with van der Waals surface area (Å²) < 4.78 is 1.88. The Bertz CT molecular complexity index is 741. The van der Waals surface area contributed by atoms with Gasteiger partial charge in [-0.2, -0.15) is 9.61 Å². The molecule has 0 saturated heterocycles. The topological polar surface area (TPSA) is 69.1 Å². The summed E-state index contributed by atoms with van der Waals surface area (Å²) in [7, 11) is 0. The lowest BCUT2D eigenvalue weighted by Crippen LogP contribution is -2.02. The second-order valence-corrected chi connectivity index (χ2v) is 6.72. The molecule has 3 aromatic rings. The standard InChI is InChI=1S/C15H19N5S/c1-9(2)14-17-18-15-20(14)19-13(21-15)8-10(3)11-4-6-12(16)7-5-11/h4-7,9-10H,8,16H2,1-3H3. The Morgan fingerprint density at radius 2 is 1.86 bits per heavy atom. The number of nitrogen functional groups attached to an aromatic ring is 1. The molecule has 0 fully saturated rings. The minimum absolute atomic E-state index is 0.324. The molecule has 0 saturated carbocycles. The number of rotatable bonds is 4. The first-order chi connectivity index (χ1) is 10.0. The summed E-state index contributed by atoms with van der Waals surface area (Å²) in [5.41, 5.74) is 7.81. The van der Waals surface area contributed by atoms with E-state index in [9.17, 15) is 0 Å². The molecule has 21 heavy (non-hydrogen) atoms. The van der Waals surface area contributed by atoms with Crippen LogP contribution in [0.4, 0.5) is 5.69 Å². The van der Waals surface area contributed by atoms with Gasteiger partial charge in [-0.15, -0.1) is 10.2 Å². The number of nitrogens with two attached hydrogens (primary N) is 1. The predicted molar refractivity (Wildman–Crippen MR) is 85.7 cm³/mol. The molecule has 110 valence electrons. The molecule has 1 atom stereocenters. The van der Waals surface area contributed by atoms with E-state index in [1.54, 1.807) is 11.3 Å². The zero-order valence-electron chi connectivity index (χ0n) is 12.4. The molecule has 2 heterocycles. The average molecular weight is 301 g/mol. The lowest BCUT2D eigenvalue weighted by molar-refractivity contribution is 0.696. The Kier molecular flexibility index (Phi) is 3.63. The largest absolute Gasteiger partial charge is 0.399 e. The molecule has 1 unspecified atom stereocenters. The van der Waals surface area contributed by atoms with E-state index in [2.05, 4.69) is 48.2 Å². The van der Waals surface area contributed by atoms with Crippen molar-refractivity contribution in [2.45, 2.75) is 39.0 Å². The molecule has 0 bridgehead atoms. The Hall–Kier alpha value is -1.95. The van der Waals surface area contributed by atoms with Crippen molar-refractivity contribution in [3.05, 3.63) is 40.7 Å². The molecule has 0 amide bonds. The van der Waals surface area contributed by atoms with Crippen molar-refractivity contribution in [1.82, 2.24) is 19.8 Å². The molecule has 0 aliphatic heterocycles. The number of nitrogens with zero attached hydrogens (tertiary/aromatic N) is 4. The fourth-order valence-corrected chi connectivity index (χ4v) is 3.29. The molecule has 3 rings (SSSR count). The summed E-state index contributed by atoms with van der Waals surface area (Å²) in [4.78, 5) is 0.873. The average Bonchev–Trinajstić information content (AvgIpc) is 2.98. The van der Waals surface area contributed by atoms with Gasteiger partial charge in [0.25, 0.3) is 0 Å². The quantitative estimate of drug-likeness (QED) is 0.751. The van der Waals surface area contributed by atoms with Gasteiger partial charge in [-0.25, -0.2) is 0 Å². The van der Waals surface area contributed by atoms with E-state index >= 15 is 0 Å². The normalized spacial score (nSPS) is 13.1. The maximum absolute atomic E-state index is 5.73. The molecule has 0 spiro atoms. The van der Waals surface area contributed by atoms with E-state index in [0.29, 0.717) is 11.8 Å². The summed E-state index contributed by atoms with van der Waals surface area (Å²) >= 11 is 1.62. The molecule has 1 aromatic carbocycles. The van der Waals surface area contributed by atoms with Crippen molar-refractivity contribution in [3.8, 4) is 0 Å². The number of benzene rings is 1. The number of hydrogen-bond donors (Lipinski definition) is 1. The molecule has 0 radical (unpaired) electrons. The third-order valence-electron chi connectivity index (χ3n) is 3.56. The summed E-state index contributed by atoms with van der Waals surface area (Å²) in [6, 6.07) is 8.06. The van der Waals surface area contributed by atoms with Crippen LogP contribution in [0.2, 0.25) is 0 Å². The number of fused-ring (bicyclic) bond motifs is 1. The van der Waals surface area contributed by atoms with E-state index in [0.717, 1.165) is 27.9 Å². The maximum Gasteiger partial charge on any atom is 0.234 e. The first-order valence-corrected chi connectivity index (χ1v) is 7.92. The van der Waals surface area contributed by atoms with E-state index < -0.39 is 0 Å². The van der Waals surface area contributed by atoms with Crippen LogP contribution in [0.25, 0.3) is 4.96 Å². The van der Waals surface area contributed by atoms with Crippen LogP contribution in [0.15, 0.2) is 24.3 Å². The van der Waals surface area contributed by atoms with Gasteiger partial charge in [-0.3, -0.25) is 0 Å². The first kappa shape index (κ1) is 14.0. The van der Waals surface area contributed by atoms with Crippen LogP contribution >= 0.6 is 11.3 Å². The smallest absolute Gasteiger partial charge is 0.234 e. The fourth-order valence-electron chi connectivity index (χ4n) is 2.32. The first-order valence-electron chi connectivity index (χ1n) is 7.11. The van der Waals surface area contributed by atoms with E-state index in [1.807, 2.05) is 16.6 Å². The Balaban J connectivity index is 1.82. The van der Waals surface area contributed by atoms with Gasteiger partial charge in [-0.05, 0) is 23.6 Å². The van der Waals surface area contributed by atoms with Gasteiger partial charge < -0.3 is 5.73 Å². The van der Waals surface area contributed by atoms with Crippen molar-refractivity contribution in [1.29, 1.82) is 0 Å². The Morgan fingerprint density at radius 1 is 1.14 bits per heavy atom. The van der Waals surface area contributed by atoms with Crippen molar-refractivity contribution in [2.24, 2.45) is 0 Å². The van der Waals surface area contributed by atoms with E-state index in [4.69, 9.17) is 5.73 Å². The lowest BCUT2D eigenvalue weighted by atomic mass is 9.98. The summed E-state index contributed by atoms with van der Waals surface area (Å²) in [6.45, 7) is 6.41. The lowest BCUT2D eigenvalue weighted by Gasteiger charge is -2.09. The van der Waals surface area contributed by atoms with Crippen LogP contribution in [0, 0.1) is 0 Å². The molecule has 0 aliphatic carbocycles. The predicted octanol–water partition coefficient (Wildman–Crippen LogP) is 3.24. The highest BCUT2D eigenvalue weighted by molar-refractivity contribution is 7.16. The minimum atomic E-state index is 0.324. The van der Waals surface area contributed by atoms with Gasteiger partial charge >= 0.3 is 0 Å². The van der Waals surface area contributed by atoms with Crippen LogP contribution in [0.5, 0.6) is 0 Å². The second kappa shape index (κ2) is 5.44. The van der Waals surface area contributed by atoms with Gasteiger partial charge in [0.05, 0.1) is 0 Å². The van der Waals surface area contributed by atoms with Crippen LogP contribution in [0.1, 0.15) is 49.0 Å². The highest BCUT2D eigenvalue weighted by Gasteiger charge is 2.16. The Labute approximate surface area is 127 Å². The third kappa shape index (κ3) is 2.76. The van der Waals surface area contributed by atoms with Gasteiger partial charge in [0.2, 0.25) is 4.96 Å². The third-order valence-corrected chi connectivity index (χ3v) is 4.48. The maximum atomic E-state index is 5.73. The van der Waals surface area contributed by atoms with Crippen molar-refractivity contribution in [3.63, 3.8) is 0 Å². The SMILES string of the molecule is CC(C)c1nnc2sc(CC(C)c3ccc(N)cc3)nn12. The second-order valence-electron chi connectivity index (χ2n) is 5.67. The molecule has 0 aliphatic rings. The van der Waals surface area contributed by atoms with Gasteiger partial charge in [0.1, 0.15) is 5.01 Å². The van der Waals surface area contributed by atoms with Gasteiger partial charge in [0.15, 0.2) is 5.82 Å². The van der Waals surface area contributed by atoms with E-state index in [-0.39, 0.29) is 0 Å². The Morgan fingerprint density at radius 3 is 2.52 bits per heavy atom. The van der Waals surface area contributed by atoms with Crippen molar-refractivity contribution < 1.29 is 0 Å². The van der Waals surface area contributed by atoms with Gasteiger partial charge in [-0.1, -0.05) is 44.2 Å². The van der Waals surface area contributed by atoms with Crippen LogP contribution < -0.4 is 5.73 Å². The fraction of sp³-hybridized carbons (Fsp3) is 0.400. The number of anilines is 1. The summed E-state index contributed by atoms with van der Waals surface area (Å²) in [5.74, 6) is 1.65. The summed E-state index contributed by atoms with van der Waals surface area (Å²) in [6.07, 6.45) is 0.898. The van der Waals surface area contributed by atoms with Crippen molar-refractivity contribution >= 4 is 22.0 Å². The van der Waals surface area contributed by atoms with Crippen LogP contribution in [-0.4, -0.2) is 19.8 Å². The monoisotopic (exact) mass is 301 g/mol. The zero-order chi connectivity index (χ0) is 15.0. The molecular formula is C15H19N5S. The molecular weight excluding hydrogens is 282 g/mol. The minimum Gasteiger partial charge on any atom is -0.399 e. The number of hydrogen-bond acceptors (Lipinski definition) is 5. The van der Waals surface area contributed by atoms with Gasteiger partial charge in [0, 0.05) is 18.0 Å². The molecule has 5 nitrogen and oxygen atoms in total. The molecule has 6 heteroatoms. The van der Waals surface area contributed by atoms with E-state index in [1.165, 1.54) is 5.56 Å². The van der Waals surface area contributed by atoms with Crippen molar-refractivity contribution in [2.75, 3.05) is 5.73 Å². The number of aromatic nitrogens is 4. The molecule has 2 N–H and O–H groups in total. The van der Waals surface area contributed by atoms with Crippen LogP contribution in [-0.2, 0) is 6.42 Å². The van der Waals surface area contributed by atoms with Crippen LogP contribution in [0.3, 0.4) is 0 Å². The highest BCUT2D eigenvalue weighted by atomic mass is 32.1. The summed E-state index contributed by atoms with van der Waals surface area (Å²) in [5, 5.41) is 14.1. The highest BCUT2D eigenvalue weighted by Crippen LogP contribution is 2.25. The zero-order valence-corrected chi connectivity index (χ0v) is 13.3.